The molecule has 1 amide bonds. The smallest absolute Gasteiger partial charge is 0.335 e. The van der Waals surface area contributed by atoms with E-state index in [9.17, 15) is 19.8 Å². The number of ether oxygens (including phenoxy) is 4. The number of rotatable bonds is 9. The molecule has 3 N–H and O–H groups in total. The quantitative estimate of drug-likeness (QED) is 0.511. The number of nitrogens with one attached hydrogen (secondary N) is 1. The Labute approximate surface area is 169 Å². The molecule has 1 heterocycles. The summed E-state index contributed by atoms with van der Waals surface area (Å²) in [5.74, 6) is -1.97. The largest absolute Gasteiger partial charge is 0.479 e. The zero-order chi connectivity index (χ0) is 21.6. The minimum Gasteiger partial charge on any atom is -0.479 e. The Hall–Kier alpha value is -2.20. The van der Waals surface area contributed by atoms with E-state index < -0.39 is 36.5 Å². The van der Waals surface area contributed by atoms with Crippen LogP contribution in [-0.2, 0) is 25.4 Å². The average molecular weight is 411 g/mol. The summed E-state index contributed by atoms with van der Waals surface area (Å²) in [6.45, 7) is 4.32. The van der Waals surface area contributed by atoms with Gasteiger partial charge in [0.25, 0.3) is 5.91 Å². The summed E-state index contributed by atoms with van der Waals surface area (Å²) >= 11 is 0. The first-order valence-electron chi connectivity index (χ1n) is 9.49. The number of aliphatic carboxylic acids is 1. The fraction of sp³-hybridized carbons (Fsp3) is 0.600. The summed E-state index contributed by atoms with van der Waals surface area (Å²) in [6, 6.07) is 5.18. The second-order valence-corrected chi connectivity index (χ2v) is 6.86. The maximum Gasteiger partial charge on any atom is 0.335 e. The van der Waals surface area contributed by atoms with Gasteiger partial charge in [-0.25, -0.2) is 4.79 Å². The highest BCUT2D eigenvalue weighted by molar-refractivity contribution is 5.97. The number of benzene rings is 1. The summed E-state index contributed by atoms with van der Waals surface area (Å²) in [6.07, 6.45) is -3.83. The SMILES string of the molecule is CCc1ccc(O[C@@H]2O[C@H](C(=O)O)[C@@H](O)[C@H](C)[C@H]2OC)c(C(=O)NCCOC)c1. The van der Waals surface area contributed by atoms with E-state index in [0.29, 0.717) is 18.7 Å². The van der Waals surface area contributed by atoms with Gasteiger partial charge in [0.1, 0.15) is 11.9 Å². The fourth-order valence-electron chi connectivity index (χ4n) is 3.21. The zero-order valence-electron chi connectivity index (χ0n) is 17.1. The van der Waals surface area contributed by atoms with Crippen LogP contribution in [0.4, 0.5) is 0 Å². The van der Waals surface area contributed by atoms with Gasteiger partial charge in [-0.2, -0.15) is 0 Å². The highest BCUT2D eigenvalue weighted by Crippen LogP contribution is 2.31. The van der Waals surface area contributed by atoms with Crippen LogP contribution in [0.2, 0.25) is 0 Å². The number of methoxy groups -OCH3 is 2. The molecule has 29 heavy (non-hydrogen) atoms. The molecule has 0 aromatic heterocycles. The molecule has 1 aromatic rings. The lowest BCUT2D eigenvalue weighted by Crippen LogP contribution is -2.58. The molecule has 1 aromatic carbocycles. The van der Waals surface area contributed by atoms with Crippen molar-refractivity contribution in [2.24, 2.45) is 5.92 Å². The standard InChI is InChI=1S/C20H29NO8/c1-5-12-6-7-14(13(10-12)18(23)21-8-9-26-3)28-20-16(27-4)11(2)15(22)17(29-20)19(24)25/h6-7,10-11,15-17,20,22H,5,8-9H2,1-4H3,(H,21,23)(H,24,25)/t11-,15-,16+,17-,20+/m0/s1. The lowest BCUT2D eigenvalue weighted by Gasteiger charge is -2.41. The molecule has 2 rings (SSSR count). The average Bonchev–Trinajstić information content (AvgIpc) is 2.70. The van der Waals surface area contributed by atoms with Crippen molar-refractivity contribution in [3.05, 3.63) is 29.3 Å². The molecule has 0 unspecified atom stereocenters. The van der Waals surface area contributed by atoms with Gasteiger partial charge in [0.2, 0.25) is 6.29 Å². The van der Waals surface area contributed by atoms with E-state index in [1.807, 2.05) is 13.0 Å². The highest BCUT2D eigenvalue weighted by atomic mass is 16.7. The molecule has 0 aliphatic carbocycles. The molecule has 9 nitrogen and oxygen atoms in total. The van der Waals surface area contributed by atoms with Crippen LogP contribution in [0.15, 0.2) is 18.2 Å². The lowest BCUT2D eigenvalue weighted by molar-refractivity contribution is -0.260. The van der Waals surface area contributed by atoms with Crippen LogP contribution in [0.3, 0.4) is 0 Å². The molecule has 5 atom stereocenters. The molecule has 0 bridgehead atoms. The summed E-state index contributed by atoms with van der Waals surface area (Å²) in [5, 5.41) is 22.3. The molecule has 0 spiro atoms. The molecule has 1 fully saturated rings. The summed E-state index contributed by atoms with van der Waals surface area (Å²) in [4.78, 5) is 24.1. The summed E-state index contributed by atoms with van der Waals surface area (Å²) in [7, 11) is 2.96. The normalized spacial score (nSPS) is 26.7. The van der Waals surface area contributed by atoms with Crippen LogP contribution in [0.5, 0.6) is 5.75 Å². The Morgan fingerprint density at radius 3 is 2.59 bits per heavy atom. The van der Waals surface area contributed by atoms with Crippen LogP contribution < -0.4 is 10.1 Å². The van der Waals surface area contributed by atoms with Crippen LogP contribution in [0.1, 0.15) is 29.8 Å². The third-order valence-corrected chi connectivity index (χ3v) is 4.96. The van der Waals surface area contributed by atoms with Crippen molar-refractivity contribution in [2.75, 3.05) is 27.4 Å². The molecule has 1 saturated heterocycles. The van der Waals surface area contributed by atoms with E-state index in [4.69, 9.17) is 18.9 Å². The summed E-state index contributed by atoms with van der Waals surface area (Å²) in [5.41, 5.74) is 1.24. The van der Waals surface area contributed by atoms with Crippen LogP contribution >= 0.6 is 0 Å². The lowest BCUT2D eigenvalue weighted by atomic mass is 9.90. The number of carbonyl (C=O) groups excluding carboxylic acids is 1. The number of carbonyl (C=O) groups is 2. The van der Waals surface area contributed by atoms with Gasteiger partial charge >= 0.3 is 5.97 Å². The maximum atomic E-state index is 12.6. The molecule has 1 aliphatic rings. The van der Waals surface area contributed by atoms with Crippen molar-refractivity contribution in [3.63, 3.8) is 0 Å². The van der Waals surface area contributed by atoms with Crippen molar-refractivity contribution in [1.82, 2.24) is 5.32 Å². The molecule has 1 aliphatic heterocycles. The Morgan fingerprint density at radius 1 is 1.28 bits per heavy atom. The second-order valence-electron chi connectivity index (χ2n) is 6.86. The van der Waals surface area contributed by atoms with Gasteiger partial charge in [-0.3, -0.25) is 4.79 Å². The molecule has 0 radical (unpaired) electrons. The molecule has 9 heteroatoms. The number of amides is 1. The van der Waals surface area contributed by atoms with Crippen molar-refractivity contribution < 1.29 is 38.7 Å². The van der Waals surface area contributed by atoms with E-state index >= 15 is 0 Å². The first-order valence-corrected chi connectivity index (χ1v) is 9.49. The maximum absolute atomic E-state index is 12.6. The first kappa shape index (κ1) is 23.1. The van der Waals surface area contributed by atoms with Crippen molar-refractivity contribution in [3.8, 4) is 5.75 Å². The van der Waals surface area contributed by atoms with Gasteiger partial charge in [-0.05, 0) is 24.1 Å². The highest BCUT2D eigenvalue weighted by Gasteiger charge is 2.47. The molecule has 162 valence electrons. The van der Waals surface area contributed by atoms with Gasteiger partial charge in [0.15, 0.2) is 6.10 Å². The minimum atomic E-state index is -1.46. The van der Waals surface area contributed by atoms with E-state index in [1.165, 1.54) is 14.2 Å². The number of aliphatic hydroxyl groups excluding tert-OH is 1. The zero-order valence-corrected chi connectivity index (χ0v) is 17.1. The van der Waals surface area contributed by atoms with E-state index in [-0.39, 0.29) is 11.7 Å². The minimum absolute atomic E-state index is 0.233. The third-order valence-electron chi connectivity index (χ3n) is 4.96. The van der Waals surface area contributed by atoms with E-state index in [2.05, 4.69) is 5.32 Å². The monoisotopic (exact) mass is 411 g/mol. The number of carboxylic acid groups (broad SMARTS) is 1. The number of carboxylic acids is 1. The predicted molar refractivity (Wildman–Crippen MR) is 103 cm³/mol. The van der Waals surface area contributed by atoms with Gasteiger partial charge in [-0.1, -0.05) is 19.9 Å². The number of aryl methyl sites for hydroxylation is 1. The van der Waals surface area contributed by atoms with Gasteiger partial charge in [0.05, 0.1) is 18.3 Å². The topological polar surface area (TPSA) is 124 Å². The molecular formula is C20H29NO8. The van der Waals surface area contributed by atoms with Crippen LogP contribution in [-0.4, -0.2) is 74.1 Å². The fourth-order valence-corrected chi connectivity index (χ4v) is 3.21. The second kappa shape index (κ2) is 10.5. The third kappa shape index (κ3) is 5.45. The van der Waals surface area contributed by atoms with Crippen LogP contribution in [0, 0.1) is 5.92 Å². The van der Waals surface area contributed by atoms with Gasteiger partial charge < -0.3 is 34.5 Å². The van der Waals surface area contributed by atoms with Gasteiger partial charge in [-0.15, -0.1) is 0 Å². The van der Waals surface area contributed by atoms with E-state index in [0.717, 1.165) is 12.0 Å². The Balaban J connectivity index is 2.30. The Morgan fingerprint density at radius 2 is 2.00 bits per heavy atom. The molecule has 0 saturated carbocycles. The van der Waals surface area contributed by atoms with Crippen LogP contribution in [0.25, 0.3) is 0 Å². The number of hydrogen-bond donors (Lipinski definition) is 3. The number of aliphatic hydroxyl groups is 1. The Bertz CT molecular complexity index is 710. The van der Waals surface area contributed by atoms with E-state index in [1.54, 1.807) is 19.1 Å². The summed E-state index contributed by atoms with van der Waals surface area (Å²) < 4.78 is 21.7. The predicted octanol–water partition coefficient (Wildman–Crippen LogP) is 0.826. The van der Waals surface area contributed by atoms with Crippen molar-refractivity contribution in [1.29, 1.82) is 0 Å². The van der Waals surface area contributed by atoms with Crippen molar-refractivity contribution >= 4 is 11.9 Å². The Kier molecular flexibility index (Phi) is 8.39. The number of hydrogen-bond acceptors (Lipinski definition) is 7. The van der Waals surface area contributed by atoms with Gasteiger partial charge in [0, 0.05) is 26.7 Å². The molecular weight excluding hydrogens is 382 g/mol. The van der Waals surface area contributed by atoms with Crippen molar-refractivity contribution in [2.45, 2.75) is 44.9 Å². The first-order chi connectivity index (χ1) is 13.8.